The van der Waals surface area contributed by atoms with Gasteiger partial charge in [-0.2, -0.15) is 0 Å². The lowest BCUT2D eigenvalue weighted by Gasteiger charge is -2.41. The van der Waals surface area contributed by atoms with Crippen LogP contribution in [0.4, 0.5) is 4.39 Å². The molecule has 0 aliphatic carbocycles. The molecule has 3 heterocycles. The van der Waals surface area contributed by atoms with E-state index in [1.54, 1.807) is 27.8 Å². The van der Waals surface area contributed by atoms with Crippen LogP contribution in [0.15, 0.2) is 35.3 Å². The molecule has 0 saturated heterocycles. The molecule has 8 nitrogen and oxygen atoms in total. The van der Waals surface area contributed by atoms with E-state index in [4.69, 9.17) is 4.74 Å². The molecule has 2 atom stereocenters. The summed E-state index contributed by atoms with van der Waals surface area (Å²) in [5.41, 5.74) is 0.329. The second-order valence-electron chi connectivity index (χ2n) is 7.84. The van der Waals surface area contributed by atoms with Gasteiger partial charge in [0, 0.05) is 25.8 Å². The summed E-state index contributed by atoms with van der Waals surface area (Å²) in [6.45, 7) is 6.93. The number of fused-ring (bicyclic) bond motifs is 1. The third-order valence-corrected chi connectivity index (χ3v) is 6.84. The van der Waals surface area contributed by atoms with Crippen LogP contribution in [0.1, 0.15) is 47.9 Å². The Labute approximate surface area is 194 Å². The Morgan fingerprint density at radius 1 is 1.18 bits per heavy atom. The molecular weight excluding hydrogens is 447 g/mol. The molecule has 0 bridgehead atoms. The lowest BCUT2D eigenvalue weighted by Crippen LogP contribution is -2.51. The predicted molar refractivity (Wildman–Crippen MR) is 122 cm³/mol. The highest BCUT2D eigenvalue weighted by Crippen LogP contribution is 2.33. The number of amides is 1. The molecule has 10 heteroatoms. The number of likely N-dealkylation sites (N-methyl/N-ethyl adjacent to an activating group) is 1. The van der Waals surface area contributed by atoms with Crippen LogP contribution in [0.2, 0.25) is 0 Å². The molecule has 1 aromatic carbocycles. The summed E-state index contributed by atoms with van der Waals surface area (Å²) in [5, 5.41) is 20.1. The number of halogens is 1. The number of rotatable bonds is 7. The lowest BCUT2D eigenvalue weighted by molar-refractivity contribution is 0.0353. The van der Waals surface area contributed by atoms with Gasteiger partial charge in [0.2, 0.25) is 5.43 Å². The smallest absolute Gasteiger partial charge is 0.274 e. The SMILES string of the molecule is CCOCC1[C@@H](C)N(CC)C(=O)c2c(O)c(=O)c(-c3nnc(Cc4ccc(F)cc4)s3)cn21. The van der Waals surface area contributed by atoms with E-state index < -0.39 is 17.1 Å². The number of benzene rings is 1. The monoisotopic (exact) mass is 472 g/mol. The van der Waals surface area contributed by atoms with Gasteiger partial charge >= 0.3 is 0 Å². The van der Waals surface area contributed by atoms with Gasteiger partial charge in [0.05, 0.1) is 24.3 Å². The van der Waals surface area contributed by atoms with Crippen molar-refractivity contribution in [2.75, 3.05) is 19.8 Å². The predicted octanol–water partition coefficient (Wildman–Crippen LogP) is 3.24. The molecule has 0 spiro atoms. The van der Waals surface area contributed by atoms with Gasteiger partial charge in [0.15, 0.2) is 16.5 Å². The Balaban J connectivity index is 1.76. The topological polar surface area (TPSA) is 97.6 Å². The van der Waals surface area contributed by atoms with Crippen LogP contribution >= 0.6 is 11.3 Å². The Morgan fingerprint density at radius 2 is 1.91 bits per heavy atom. The fourth-order valence-electron chi connectivity index (χ4n) is 4.11. The number of aromatic nitrogens is 3. The van der Waals surface area contributed by atoms with Crippen LogP contribution in [0, 0.1) is 5.82 Å². The van der Waals surface area contributed by atoms with Gasteiger partial charge in [-0.05, 0) is 38.5 Å². The molecule has 1 unspecified atom stereocenters. The summed E-state index contributed by atoms with van der Waals surface area (Å²) < 4.78 is 20.5. The summed E-state index contributed by atoms with van der Waals surface area (Å²) in [6, 6.07) is 5.61. The molecule has 33 heavy (non-hydrogen) atoms. The largest absolute Gasteiger partial charge is 0.503 e. The highest BCUT2D eigenvalue weighted by atomic mass is 32.1. The number of hydrogen-bond donors (Lipinski definition) is 1. The standard InChI is InChI=1S/C23H25FN4O4S/c1-4-27-13(3)17(12-32-5-2)28-11-16(20(29)21(30)19(28)23(27)31)22-26-25-18(33-22)10-14-6-8-15(24)9-7-14/h6-9,11,13,17,30H,4-5,10,12H2,1-3H3/t13-,17?/m1/s1. The van der Waals surface area contributed by atoms with E-state index in [9.17, 15) is 19.1 Å². The first-order valence-electron chi connectivity index (χ1n) is 10.8. The van der Waals surface area contributed by atoms with Crippen LogP contribution in [0.25, 0.3) is 10.6 Å². The van der Waals surface area contributed by atoms with Gasteiger partial charge in [-0.3, -0.25) is 9.59 Å². The molecular formula is C23H25FN4O4S. The Morgan fingerprint density at radius 3 is 2.58 bits per heavy atom. The first kappa shape index (κ1) is 23.1. The van der Waals surface area contributed by atoms with Gasteiger partial charge in [-0.15, -0.1) is 10.2 Å². The van der Waals surface area contributed by atoms with E-state index in [-0.39, 0.29) is 29.2 Å². The lowest BCUT2D eigenvalue weighted by atomic mass is 10.0. The van der Waals surface area contributed by atoms with Crippen molar-refractivity contribution in [3.8, 4) is 16.3 Å². The molecule has 2 aromatic heterocycles. The number of carbonyl (C=O) groups excluding carboxylic acids is 1. The zero-order valence-corrected chi connectivity index (χ0v) is 19.4. The van der Waals surface area contributed by atoms with Crippen molar-refractivity contribution < 1.29 is 19.0 Å². The molecule has 1 aliphatic heterocycles. The number of ether oxygens (including phenoxy) is 1. The third kappa shape index (κ3) is 4.28. The zero-order valence-electron chi connectivity index (χ0n) is 18.6. The number of aromatic hydroxyl groups is 1. The van der Waals surface area contributed by atoms with E-state index in [1.165, 1.54) is 23.5 Å². The quantitative estimate of drug-likeness (QED) is 0.567. The maximum Gasteiger partial charge on any atom is 0.274 e. The summed E-state index contributed by atoms with van der Waals surface area (Å²) in [6.07, 6.45) is 2.01. The molecule has 1 amide bonds. The van der Waals surface area contributed by atoms with Crippen LogP contribution in [0.5, 0.6) is 5.75 Å². The van der Waals surface area contributed by atoms with Crippen molar-refractivity contribution in [1.82, 2.24) is 19.7 Å². The molecule has 0 radical (unpaired) electrons. The van der Waals surface area contributed by atoms with Gasteiger partial charge in [0.1, 0.15) is 10.8 Å². The van der Waals surface area contributed by atoms with E-state index in [1.807, 2.05) is 20.8 Å². The summed E-state index contributed by atoms with van der Waals surface area (Å²) >= 11 is 1.22. The second-order valence-corrected chi connectivity index (χ2v) is 8.90. The summed E-state index contributed by atoms with van der Waals surface area (Å²) in [4.78, 5) is 27.7. The zero-order chi connectivity index (χ0) is 23.7. The first-order chi connectivity index (χ1) is 15.8. The van der Waals surface area contributed by atoms with Gasteiger partial charge in [-0.1, -0.05) is 23.5 Å². The Kier molecular flexibility index (Phi) is 6.57. The van der Waals surface area contributed by atoms with E-state index in [0.717, 1.165) is 5.56 Å². The van der Waals surface area contributed by atoms with Gasteiger partial charge in [-0.25, -0.2) is 4.39 Å². The van der Waals surface area contributed by atoms with Crippen LogP contribution in [-0.4, -0.2) is 56.5 Å². The van der Waals surface area contributed by atoms with Crippen molar-refractivity contribution in [3.63, 3.8) is 0 Å². The maximum absolute atomic E-state index is 13.2. The fourth-order valence-corrected chi connectivity index (χ4v) is 4.99. The molecule has 0 saturated carbocycles. The number of nitrogens with zero attached hydrogens (tertiary/aromatic N) is 4. The fraction of sp³-hybridized carbons (Fsp3) is 0.391. The van der Waals surface area contributed by atoms with E-state index in [2.05, 4.69) is 10.2 Å². The van der Waals surface area contributed by atoms with Gasteiger partial charge < -0.3 is 19.3 Å². The Bertz CT molecular complexity index is 1220. The van der Waals surface area contributed by atoms with Crippen molar-refractivity contribution in [3.05, 3.63) is 62.8 Å². The minimum absolute atomic E-state index is 0.0375. The highest BCUT2D eigenvalue weighted by molar-refractivity contribution is 7.14. The molecule has 4 rings (SSSR count). The van der Waals surface area contributed by atoms with Crippen LogP contribution < -0.4 is 5.43 Å². The average Bonchev–Trinajstić information content (AvgIpc) is 3.25. The second kappa shape index (κ2) is 9.40. The first-order valence-corrected chi connectivity index (χ1v) is 11.6. The Hall–Kier alpha value is -3.11. The number of hydrogen-bond acceptors (Lipinski definition) is 7. The average molecular weight is 473 g/mol. The molecule has 174 valence electrons. The normalized spacial score (nSPS) is 17.9. The van der Waals surface area contributed by atoms with Crippen LogP contribution in [0.3, 0.4) is 0 Å². The molecule has 0 fully saturated rings. The van der Waals surface area contributed by atoms with Crippen molar-refractivity contribution >= 4 is 17.2 Å². The van der Waals surface area contributed by atoms with Gasteiger partial charge in [0.25, 0.3) is 5.91 Å². The maximum atomic E-state index is 13.2. The highest BCUT2D eigenvalue weighted by Gasteiger charge is 2.39. The molecule has 3 aromatic rings. The number of pyridine rings is 1. The van der Waals surface area contributed by atoms with Crippen molar-refractivity contribution in [2.24, 2.45) is 0 Å². The number of carbonyl (C=O) groups is 1. The molecule has 1 aliphatic rings. The summed E-state index contributed by atoms with van der Waals surface area (Å²) in [7, 11) is 0. The van der Waals surface area contributed by atoms with Crippen LogP contribution in [-0.2, 0) is 11.2 Å². The minimum Gasteiger partial charge on any atom is -0.503 e. The minimum atomic E-state index is -0.667. The van der Waals surface area contributed by atoms with E-state index >= 15 is 0 Å². The van der Waals surface area contributed by atoms with E-state index in [0.29, 0.717) is 36.2 Å². The van der Waals surface area contributed by atoms with Crippen molar-refractivity contribution in [1.29, 1.82) is 0 Å². The third-order valence-electron chi connectivity index (χ3n) is 5.88. The van der Waals surface area contributed by atoms with Crippen molar-refractivity contribution in [2.45, 2.75) is 39.3 Å². The summed E-state index contributed by atoms with van der Waals surface area (Å²) in [5.74, 6) is -1.31. The molecule has 1 N–H and O–H groups in total.